The van der Waals surface area contributed by atoms with E-state index in [1.807, 2.05) is 39.0 Å². The Kier molecular flexibility index (Phi) is 8.62. The largest absolute Gasteiger partial charge is 0.333 e. The number of sulfone groups is 1. The average molecular weight is 392 g/mol. The van der Waals surface area contributed by atoms with Gasteiger partial charge < -0.3 is 4.98 Å². The van der Waals surface area contributed by atoms with Gasteiger partial charge in [-0.2, -0.15) is 0 Å². The summed E-state index contributed by atoms with van der Waals surface area (Å²) >= 11 is 1.45. The first-order chi connectivity index (χ1) is 12.3. The Morgan fingerprint density at radius 1 is 1.38 bits per heavy atom. The second-order valence-electron chi connectivity index (χ2n) is 5.18. The molecule has 0 fully saturated rings. The van der Waals surface area contributed by atoms with Crippen LogP contribution in [0.25, 0.3) is 12.7 Å². The Hall–Kier alpha value is -2.04. The standard InChI is InChI=1S/C17H19N3O2S2.C2H6/c1-5-6-8-14-13(3)19-17(20-14)23-11-15-12(2)16(24(4,21)22)9-7-10-18-15;1-2/h5-6,8H,3,10-11H2,1-2,4H3,(H,19,20);1-2H3/b6-5-,14-8+;. The van der Waals surface area contributed by atoms with E-state index in [1.54, 1.807) is 6.92 Å². The number of aromatic nitrogens is 2. The summed E-state index contributed by atoms with van der Waals surface area (Å²) in [6.07, 6.45) is 6.87. The van der Waals surface area contributed by atoms with Crippen molar-refractivity contribution < 1.29 is 8.42 Å². The van der Waals surface area contributed by atoms with Crippen molar-refractivity contribution in [1.29, 1.82) is 0 Å². The van der Waals surface area contributed by atoms with Crippen LogP contribution in [-0.2, 0) is 9.84 Å². The summed E-state index contributed by atoms with van der Waals surface area (Å²) in [5.41, 5.74) is 1.32. The number of rotatable bonds is 5. The van der Waals surface area contributed by atoms with E-state index in [0.29, 0.717) is 23.6 Å². The van der Waals surface area contributed by atoms with Crippen molar-refractivity contribution in [3.63, 3.8) is 0 Å². The lowest BCUT2D eigenvalue weighted by atomic mass is 10.2. The molecule has 0 amide bonds. The summed E-state index contributed by atoms with van der Waals surface area (Å²) in [6.45, 7) is 11.9. The molecule has 26 heavy (non-hydrogen) atoms. The van der Waals surface area contributed by atoms with Crippen LogP contribution < -0.4 is 10.7 Å². The predicted octanol–water partition coefficient (Wildman–Crippen LogP) is 2.07. The van der Waals surface area contributed by atoms with Crippen LogP contribution in [0.1, 0.15) is 27.7 Å². The highest BCUT2D eigenvalue weighted by molar-refractivity contribution is 7.99. The van der Waals surface area contributed by atoms with Gasteiger partial charge in [-0.25, -0.2) is 13.4 Å². The Morgan fingerprint density at radius 2 is 2.08 bits per heavy atom. The van der Waals surface area contributed by atoms with Gasteiger partial charge in [-0.05, 0) is 25.5 Å². The molecule has 0 atom stereocenters. The average Bonchev–Trinajstić information content (AvgIpc) is 2.83. The maximum atomic E-state index is 11.9. The number of nitrogens with zero attached hydrogens (tertiary/aromatic N) is 2. The van der Waals surface area contributed by atoms with Crippen LogP contribution in [-0.4, -0.2) is 42.7 Å². The number of allylic oxidation sites excluding steroid dienone is 4. The monoisotopic (exact) mass is 391 g/mol. The van der Waals surface area contributed by atoms with Crippen molar-refractivity contribution in [1.82, 2.24) is 9.97 Å². The van der Waals surface area contributed by atoms with E-state index in [9.17, 15) is 8.42 Å². The van der Waals surface area contributed by atoms with E-state index in [-0.39, 0.29) is 4.91 Å². The minimum Gasteiger partial charge on any atom is -0.333 e. The zero-order chi connectivity index (χ0) is 19.7. The third-order valence-corrected chi connectivity index (χ3v) is 5.31. The third-order valence-electron chi connectivity index (χ3n) is 3.28. The Labute approximate surface area is 160 Å². The van der Waals surface area contributed by atoms with Crippen LogP contribution in [0.5, 0.6) is 0 Å². The molecule has 0 spiro atoms. The van der Waals surface area contributed by atoms with Gasteiger partial charge >= 0.3 is 0 Å². The molecule has 0 radical (unpaired) electrons. The van der Waals surface area contributed by atoms with E-state index < -0.39 is 9.84 Å². The molecule has 0 saturated carbocycles. The highest BCUT2D eigenvalue weighted by atomic mass is 32.2. The SMILES string of the molecule is C=c1[nH]c(SCC2=NCC#CC(S(C)(=O)=O)=C2C)n/c1=C/C=C\C.CC. The molecule has 0 aromatic carbocycles. The molecular weight excluding hydrogens is 366 g/mol. The van der Waals surface area contributed by atoms with Crippen molar-refractivity contribution in [2.24, 2.45) is 4.99 Å². The minimum atomic E-state index is -3.36. The van der Waals surface area contributed by atoms with Gasteiger partial charge in [-0.1, -0.05) is 56.2 Å². The van der Waals surface area contributed by atoms with E-state index >= 15 is 0 Å². The predicted molar refractivity (Wildman–Crippen MR) is 112 cm³/mol. The molecule has 0 saturated heterocycles. The second-order valence-corrected chi connectivity index (χ2v) is 8.09. The molecule has 2 heterocycles. The van der Waals surface area contributed by atoms with Crippen LogP contribution in [0, 0.1) is 11.8 Å². The van der Waals surface area contributed by atoms with Crippen molar-refractivity contribution >= 4 is 40.0 Å². The second kappa shape index (κ2) is 10.2. The first-order valence-corrected chi connectivity index (χ1v) is 11.1. The van der Waals surface area contributed by atoms with Gasteiger partial charge in [0.05, 0.1) is 16.4 Å². The van der Waals surface area contributed by atoms with Gasteiger partial charge in [0.25, 0.3) is 0 Å². The van der Waals surface area contributed by atoms with E-state index in [2.05, 4.69) is 33.4 Å². The summed E-state index contributed by atoms with van der Waals surface area (Å²) < 4.78 is 23.7. The molecule has 1 aliphatic heterocycles. The first-order valence-electron chi connectivity index (χ1n) is 8.27. The highest BCUT2D eigenvalue weighted by Gasteiger charge is 2.18. The molecule has 5 nitrogen and oxygen atoms in total. The van der Waals surface area contributed by atoms with E-state index in [0.717, 1.165) is 15.9 Å². The molecule has 1 aromatic heterocycles. The summed E-state index contributed by atoms with van der Waals surface area (Å²) in [7, 11) is -3.36. The number of aromatic amines is 1. The van der Waals surface area contributed by atoms with Crippen molar-refractivity contribution in [3.05, 3.63) is 33.3 Å². The smallest absolute Gasteiger partial charge is 0.183 e. The summed E-state index contributed by atoms with van der Waals surface area (Å²) in [6, 6.07) is 0. The van der Waals surface area contributed by atoms with Gasteiger partial charge in [0.2, 0.25) is 0 Å². The van der Waals surface area contributed by atoms with Gasteiger partial charge in [-0.15, -0.1) is 0 Å². The Morgan fingerprint density at radius 3 is 2.69 bits per heavy atom. The van der Waals surface area contributed by atoms with Crippen molar-refractivity contribution in [2.75, 3.05) is 18.6 Å². The Bertz CT molecular complexity index is 1000. The number of hydrogen-bond donors (Lipinski definition) is 1. The summed E-state index contributed by atoms with van der Waals surface area (Å²) in [5, 5.41) is 2.24. The maximum Gasteiger partial charge on any atom is 0.183 e. The topological polar surface area (TPSA) is 75.2 Å². The fourth-order valence-corrected chi connectivity index (χ4v) is 3.92. The molecule has 2 rings (SSSR count). The van der Waals surface area contributed by atoms with Crippen molar-refractivity contribution in [3.8, 4) is 11.8 Å². The quantitative estimate of drug-likeness (QED) is 0.616. The van der Waals surface area contributed by atoms with Crippen LogP contribution in [0.4, 0.5) is 0 Å². The van der Waals surface area contributed by atoms with Gasteiger partial charge in [-0.3, -0.25) is 4.99 Å². The van der Waals surface area contributed by atoms with Gasteiger partial charge in [0.15, 0.2) is 15.0 Å². The Balaban J connectivity index is 0.00000163. The molecule has 140 valence electrons. The van der Waals surface area contributed by atoms with Crippen LogP contribution in [0.3, 0.4) is 0 Å². The molecule has 1 aromatic rings. The third kappa shape index (κ3) is 6.04. The highest BCUT2D eigenvalue weighted by Crippen LogP contribution is 2.19. The first kappa shape index (κ1) is 22.0. The number of hydrogen-bond acceptors (Lipinski definition) is 5. The number of aliphatic imine (C=N–C) groups is 1. The minimum absolute atomic E-state index is 0.152. The van der Waals surface area contributed by atoms with Crippen LogP contribution in [0.15, 0.2) is 32.8 Å². The maximum absolute atomic E-state index is 11.9. The molecule has 0 unspecified atom stereocenters. The fraction of sp³-hybridized carbons (Fsp3) is 0.368. The van der Waals surface area contributed by atoms with Gasteiger partial charge in [0, 0.05) is 12.0 Å². The zero-order valence-electron chi connectivity index (χ0n) is 15.9. The molecule has 7 heteroatoms. The molecular formula is C19H25N3O2S2. The van der Waals surface area contributed by atoms with E-state index in [4.69, 9.17) is 0 Å². The lowest BCUT2D eigenvalue weighted by molar-refractivity contribution is 0.608. The normalized spacial score (nSPS) is 15.1. The van der Waals surface area contributed by atoms with E-state index in [1.165, 1.54) is 18.0 Å². The lowest BCUT2D eigenvalue weighted by Crippen LogP contribution is -2.21. The number of H-pyrrole nitrogens is 1. The number of thioether (sulfide) groups is 1. The van der Waals surface area contributed by atoms with Crippen LogP contribution in [0.2, 0.25) is 0 Å². The number of nitrogens with one attached hydrogen (secondary N) is 1. The lowest BCUT2D eigenvalue weighted by Gasteiger charge is -2.07. The van der Waals surface area contributed by atoms with Crippen LogP contribution >= 0.6 is 11.8 Å². The van der Waals surface area contributed by atoms with Gasteiger partial charge in [0.1, 0.15) is 11.4 Å². The molecule has 0 aliphatic carbocycles. The molecule has 1 N–H and O–H groups in total. The molecule has 1 aliphatic rings. The summed E-state index contributed by atoms with van der Waals surface area (Å²) in [5.74, 6) is 5.98. The van der Waals surface area contributed by atoms with Crippen molar-refractivity contribution in [2.45, 2.75) is 32.9 Å². The summed E-state index contributed by atoms with van der Waals surface area (Å²) in [4.78, 5) is 12.1. The fourth-order valence-electron chi connectivity index (χ4n) is 2.05. The zero-order valence-corrected chi connectivity index (χ0v) is 17.5. The number of imidazole rings is 1. The molecule has 0 bridgehead atoms.